The summed E-state index contributed by atoms with van der Waals surface area (Å²) in [6, 6.07) is 0.511. The highest BCUT2D eigenvalue weighted by Crippen LogP contribution is 2.32. The van der Waals surface area contributed by atoms with E-state index in [-0.39, 0.29) is 0 Å². The average Bonchev–Trinajstić information content (AvgIpc) is 3.01. The van der Waals surface area contributed by atoms with Gasteiger partial charge < -0.3 is 10.1 Å². The summed E-state index contributed by atoms with van der Waals surface area (Å²) in [5.41, 5.74) is 1.08. The summed E-state index contributed by atoms with van der Waals surface area (Å²) >= 11 is 1.71. The van der Waals surface area contributed by atoms with Crippen LogP contribution in [0.25, 0.3) is 0 Å². The lowest BCUT2D eigenvalue weighted by molar-refractivity contribution is 0.113. The molecule has 0 aromatic carbocycles. The number of thiazole rings is 1. The number of ether oxygens (including phenoxy) is 1. The first kappa shape index (κ1) is 13.0. The Labute approximate surface area is 108 Å². The summed E-state index contributed by atoms with van der Waals surface area (Å²) in [4.78, 5) is 4.55. The van der Waals surface area contributed by atoms with Gasteiger partial charge in [-0.05, 0) is 12.3 Å². The molecule has 0 unspecified atom stereocenters. The van der Waals surface area contributed by atoms with Gasteiger partial charge in [-0.25, -0.2) is 4.98 Å². The van der Waals surface area contributed by atoms with Crippen LogP contribution in [0, 0.1) is 5.92 Å². The minimum Gasteiger partial charge on any atom is -0.375 e. The molecule has 1 aliphatic carbocycles. The molecule has 1 fully saturated rings. The second-order valence-electron chi connectivity index (χ2n) is 5.05. The summed E-state index contributed by atoms with van der Waals surface area (Å²) in [6.45, 7) is 6.72. The van der Waals surface area contributed by atoms with E-state index in [0.717, 1.165) is 29.8 Å². The normalized spacial score (nSPS) is 15.7. The van der Waals surface area contributed by atoms with Gasteiger partial charge in [-0.15, -0.1) is 11.3 Å². The van der Waals surface area contributed by atoms with E-state index >= 15 is 0 Å². The summed E-state index contributed by atoms with van der Waals surface area (Å²) < 4.78 is 5.63. The number of rotatable bonds is 8. The second-order valence-corrected chi connectivity index (χ2v) is 6.00. The van der Waals surface area contributed by atoms with E-state index in [1.165, 1.54) is 19.3 Å². The smallest absolute Gasteiger partial charge is 0.107 e. The molecule has 1 aromatic rings. The van der Waals surface area contributed by atoms with E-state index in [1.54, 1.807) is 11.3 Å². The molecule has 1 N–H and O–H groups in total. The minimum atomic E-state index is 0.511. The zero-order chi connectivity index (χ0) is 12.1. The van der Waals surface area contributed by atoms with Gasteiger partial charge in [0.15, 0.2) is 0 Å². The van der Waals surface area contributed by atoms with Crippen molar-refractivity contribution in [1.29, 1.82) is 0 Å². The number of hydrogen-bond donors (Lipinski definition) is 1. The standard InChI is InChI=1S/C13H22N2OS/c1-10(2)14-7-13-15-12(9-17-13)8-16-6-5-11-3-4-11/h9-11,14H,3-8H2,1-2H3. The molecule has 1 aliphatic rings. The van der Waals surface area contributed by atoms with Crippen molar-refractivity contribution in [2.24, 2.45) is 5.92 Å². The van der Waals surface area contributed by atoms with Crippen molar-refractivity contribution in [1.82, 2.24) is 10.3 Å². The molecule has 0 saturated heterocycles. The fraction of sp³-hybridized carbons (Fsp3) is 0.769. The third-order valence-electron chi connectivity index (χ3n) is 2.88. The molecule has 2 rings (SSSR count). The highest BCUT2D eigenvalue weighted by molar-refractivity contribution is 7.09. The number of nitrogens with one attached hydrogen (secondary N) is 1. The molecule has 0 spiro atoms. The van der Waals surface area contributed by atoms with Crippen molar-refractivity contribution in [3.05, 3.63) is 16.1 Å². The monoisotopic (exact) mass is 254 g/mol. The van der Waals surface area contributed by atoms with Crippen LogP contribution in [0.4, 0.5) is 0 Å². The van der Waals surface area contributed by atoms with Crippen LogP contribution < -0.4 is 5.32 Å². The topological polar surface area (TPSA) is 34.2 Å². The molecule has 3 nitrogen and oxygen atoms in total. The van der Waals surface area contributed by atoms with Crippen molar-refractivity contribution in [2.75, 3.05) is 6.61 Å². The number of nitrogens with zero attached hydrogens (tertiary/aromatic N) is 1. The van der Waals surface area contributed by atoms with Gasteiger partial charge in [-0.1, -0.05) is 26.7 Å². The third kappa shape index (κ3) is 5.15. The first-order valence-electron chi connectivity index (χ1n) is 6.48. The molecule has 1 aromatic heterocycles. The molecule has 1 heterocycles. The molecule has 0 atom stereocenters. The van der Waals surface area contributed by atoms with Crippen LogP contribution in [-0.4, -0.2) is 17.6 Å². The van der Waals surface area contributed by atoms with E-state index in [4.69, 9.17) is 4.74 Å². The predicted octanol–water partition coefficient (Wildman–Crippen LogP) is 2.96. The summed E-state index contributed by atoms with van der Waals surface area (Å²) in [5.74, 6) is 0.955. The Bertz CT molecular complexity index is 334. The van der Waals surface area contributed by atoms with Gasteiger partial charge in [0.25, 0.3) is 0 Å². The molecule has 0 bridgehead atoms. The van der Waals surface area contributed by atoms with Gasteiger partial charge in [0, 0.05) is 24.6 Å². The van der Waals surface area contributed by atoms with Gasteiger partial charge in [0.05, 0.1) is 12.3 Å². The molecule has 1 saturated carbocycles. The van der Waals surface area contributed by atoms with Crippen molar-refractivity contribution in [3.8, 4) is 0 Å². The molecular weight excluding hydrogens is 232 g/mol. The van der Waals surface area contributed by atoms with Crippen molar-refractivity contribution >= 4 is 11.3 Å². The largest absolute Gasteiger partial charge is 0.375 e. The lowest BCUT2D eigenvalue weighted by Crippen LogP contribution is -2.21. The lowest BCUT2D eigenvalue weighted by atomic mass is 10.3. The Morgan fingerprint density at radius 2 is 2.35 bits per heavy atom. The molecule has 0 radical (unpaired) electrons. The third-order valence-corrected chi connectivity index (χ3v) is 3.78. The van der Waals surface area contributed by atoms with Crippen LogP contribution in [0.2, 0.25) is 0 Å². The van der Waals surface area contributed by atoms with E-state index in [9.17, 15) is 0 Å². The maximum Gasteiger partial charge on any atom is 0.107 e. The molecule has 0 amide bonds. The molecule has 0 aliphatic heterocycles. The van der Waals surface area contributed by atoms with Gasteiger partial charge in [-0.2, -0.15) is 0 Å². The fourth-order valence-electron chi connectivity index (χ4n) is 1.62. The van der Waals surface area contributed by atoms with Crippen LogP contribution >= 0.6 is 11.3 Å². The van der Waals surface area contributed by atoms with E-state index in [1.807, 2.05) is 0 Å². The Hall–Kier alpha value is -0.450. The van der Waals surface area contributed by atoms with E-state index in [2.05, 4.69) is 29.5 Å². The van der Waals surface area contributed by atoms with Crippen LogP contribution in [0.3, 0.4) is 0 Å². The Kier molecular flexibility index (Phi) is 4.95. The van der Waals surface area contributed by atoms with Crippen LogP contribution in [0.5, 0.6) is 0 Å². The zero-order valence-corrected chi connectivity index (χ0v) is 11.6. The summed E-state index contributed by atoms with van der Waals surface area (Å²) in [6.07, 6.45) is 4.04. The Morgan fingerprint density at radius 1 is 1.53 bits per heavy atom. The molecule has 17 heavy (non-hydrogen) atoms. The van der Waals surface area contributed by atoms with Crippen LogP contribution in [0.15, 0.2) is 5.38 Å². The van der Waals surface area contributed by atoms with Crippen molar-refractivity contribution in [2.45, 2.75) is 52.3 Å². The predicted molar refractivity (Wildman–Crippen MR) is 71.1 cm³/mol. The zero-order valence-electron chi connectivity index (χ0n) is 10.7. The fourth-order valence-corrected chi connectivity index (χ4v) is 2.35. The quantitative estimate of drug-likeness (QED) is 0.724. The minimum absolute atomic E-state index is 0.511. The van der Waals surface area contributed by atoms with Gasteiger partial charge in [0.2, 0.25) is 0 Å². The molecule has 96 valence electrons. The first-order chi connectivity index (χ1) is 8.24. The van der Waals surface area contributed by atoms with Crippen molar-refractivity contribution in [3.63, 3.8) is 0 Å². The summed E-state index contributed by atoms with van der Waals surface area (Å²) in [7, 11) is 0. The van der Waals surface area contributed by atoms with Gasteiger partial charge in [0.1, 0.15) is 5.01 Å². The summed E-state index contributed by atoms with van der Waals surface area (Å²) in [5, 5.41) is 6.63. The van der Waals surface area contributed by atoms with Crippen LogP contribution in [0.1, 0.15) is 43.8 Å². The Balaban J connectivity index is 1.62. The SMILES string of the molecule is CC(C)NCc1nc(COCCC2CC2)cs1. The molecular formula is C13H22N2OS. The first-order valence-corrected chi connectivity index (χ1v) is 7.36. The highest BCUT2D eigenvalue weighted by Gasteiger charge is 2.20. The van der Waals surface area contributed by atoms with E-state index < -0.39 is 0 Å². The van der Waals surface area contributed by atoms with Crippen molar-refractivity contribution < 1.29 is 4.74 Å². The maximum atomic E-state index is 5.63. The second kappa shape index (κ2) is 6.47. The number of hydrogen-bond acceptors (Lipinski definition) is 4. The van der Waals surface area contributed by atoms with Crippen LogP contribution in [-0.2, 0) is 17.9 Å². The Morgan fingerprint density at radius 3 is 3.06 bits per heavy atom. The average molecular weight is 254 g/mol. The van der Waals surface area contributed by atoms with Gasteiger partial charge >= 0.3 is 0 Å². The number of aromatic nitrogens is 1. The molecule has 4 heteroatoms. The highest BCUT2D eigenvalue weighted by atomic mass is 32.1. The maximum absolute atomic E-state index is 5.63. The van der Waals surface area contributed by atoms with E-state index in [0.29, 0.717) is 12.6 Å². The lowest BCUT2D eigenvalue weighted by Gasteiger charge is -2.04. The van der Waals surface area contributed by atoms with Gasteiger partial charge in [-0.3, -0.25) is 0 Å².